The molecule has 98 valence electrons. The molecular formula is C13H20N4O. The highest BCUT2D eigenvalue weighted by molar-refractivity contribution is 5.79. The quantitative estimate of drug-likeness (QED) is 0.507. The molecule has 0 unspecified atom stereocenters. The van der Waals surface area contributed by atoms with E-state index in [1.165, 1.54) is 0 Å². The highest BCUT2D eigenvalue weighted by atomic mass is 16.3. The highest BCUT2D eigenvalue weighted by Crippen LogP contribution is 2.16. The van der Waals surface area contributed by atoms with Gasteiger partial charge in [-0.05, 0) is 37.3 Å². The molecule has 5 nitrogen and oxygen atoms in total. The van der Waals surface area contributed by atoms with Crippen molar-refractivity contribution in [2.75, 3.05) is 19.7 Å². The molecule has 18 heavy (non-hydrogen) atoms. The monoisotopic (exact) mass is 248 g/mol. The van der Waals surface area contributed by atoms with Crippen molar-refractivity contribution in [2.24, 2.45) is 5.92 Å². The van der Waals surface area contributed by atoms with E-state index in [9.17, 15) is 0 Å². The van der Waals surface area contributed by atoms with Crippen molar-refractivity contribution < 1.29 is 5.11 Å². The molecule has 0 spiro atoms. The number of pyridine rings is 1. The average Bonchev–Trinajstić information content (AvgIpc) is 2.41. The molecule has 2 heterocycles. The van der Waals surface area contributed by atoms with Gasteiger partial charge in [-0.3, -0.25) is 15.4 Å². The summed E-state index contributed by atoms with van der Waals surface area (Å²) >= 11 is 0. The molecule has 0 aromatic carbocycles. The molecule has 1 aromatic rings. The van der Waals surface area contributed by atoms with Crippen molar-refractivity contribution in [1.29, 1.82) is 10.8 Å². The molecule has 0 saturated carbocycles. The van der Waals surface area contributed by atoms with Crippen LogP contribution in [0.5, 0.6) is 0 Å². The van der Waals surface area contributed by atoms with E-state index in [4.69, 9.17) is 15.9 Å². The summed E-state index contributed by atoms with van der Waals surface area (Å²) in [7, 11) is 0. The molecule has 0 radical (unpaired) electrons. The zero-order valence-electron chi connectivity index (χ0n) is 10.7. The number of aliphatic hydroxyl groups excluding tert-OH is 1. The molecule has 1 aromatic heterocycles. The Hall–Kier alpha value is -1.62. The number of likely N-dealkylation sites (tertiary alicyclic amines) is 1. The number of aromatic nitrogens is 1. The van der Waals surface area contributed by atoms with Crippen molar-refractivity contribution in [3.63, 3.8) is 0 Å². The molecule has 1 fully saturated rings. The number of rotatable bonds is 1. The van der Waals surface area contributed by atoms with E-state index in [2.05, 4.69) is 0 Å². The third-order valence-electron chi connectivity index (χ3n) is 3.50. The Labute approximate surface area is 107 Å². The maximum absolute atomic E-state index is 9.11. The second-order valence-corrected chi connectivity index (χ2v) is 4.90. The maximum atomic E-state index is 9.11. The number of piperidine rings is 1. The molecule has 1 saturated heterocycles. The van der Waals surface area contributed by atoms with Crippen molar-refractivity contribution >= 4 is 5.96 Å². The van der Waals surface area contributed by atoms with Crippen molar-refractivity contribution in [3.05, 3.63) is 29.4 Å². The topological polar surface area (TPSA) is 76.1 Å². The van der Waals surface area contributed by atoms with Gasteiger partial charge in [-0.1, -0.05) is 6.07 Å². The van der Waals surface area contributed by atoms with E-state index in [0.717, 1.165) is 31.5 Å². The number of aliphatic hydroxyl groups is 1. The van der Waals surface area contributed by atoms with E-state index in [1.54, 1.807) is 10.6 Å². The molecule has 5 heteroatoms. The summed E-state index contributed by atoms with van der Waals surface area (Å²) in [5.41, 5.74) is 1.37. The summed E-state index contributed by atoms with van der Waals surface area (Å²) < 4.78 is 1.61. The summed E-state index contributed by atoms with van der Waals surface area (Å²) in [4.78, 5) is 1.98. The van der Waals surface area contributed by atoms with Gasteiger partial charge >= 0.3 is 0 Å². The first-order valence-corrected chi connectivity index (χ1v) is 6.30. The lowest BCUT2D eigenvalue weighted by Gasteiger charge is -2.33. The van der Waals surface area contributed by atoms with Gasteiger partial charge in [0.1, 0.15) is 5.49 Å². The molecular weight excluding hydrogens is 228 g/mol. The fraction of sp³-hybridized carbons (Fsp3) is 0.538. The molecule has 0 amide bonds. The van der Waals surface area contributed by atoms with Gasteiger partial charge in [-0.2, -0.15) is 0 Å². The lowest BCUT2D eigenvalue weighted by molar-refractivity contribution is 0.164. The lowest BCUT2D eigenvalue weighted by atomic mass is 9.98. The molecule has 0 bridgehead atoms. The molecule has 1 aliphatic heterocycles. The largest absolute Gasteiger partial charge is 0.396 e. The van der Waals surface area contributed by atoms with Crippen LogP contribution in [0.3, 0.4) is 0 Å². The van der Waals surface area contributed by atoms with Crippen LogP contribution in [0, 0.1) is 23.7 Å². The molecule has 2 rings (SSSR count). The van der Waals surface area contributed by atoms with E-state index in [0.29, 0.717) is 17.4 Å². The van der Waals surface area contributed by atoms with E-state index in [1.807, 2.05) is 24.1 Å². The summed E-state index contributed by atoms with van der Waals surface area (Å²) in [6, 6.07) is 3.59. The maximum Gasteiger partial charge on any atom is 0.203 e. The highest BCUT2D eigenvalue weighted by Gasteiger charge is 2.21. The Morgan fingerprint density at radius 1 is 1.39 bits per heavy atom. The second kappa shape index (κ2) is 5.35. The second-order valence-electron chi connectivity index (χ2n) is 4.90. The molecule has 0 atom stereocenters. The van der Waals surface area contributed by atoms with E-state index >= 15 is 0 Å². The normalized spacial score (nSPS) is 16.9. The minimum absolute atomic E-state index is 0.239. The number of aryl methyl sites for hydroxylation is 1. The Bertz CT molecular complexity index is 486. The van der Waals surface area contributed by atoms with Crippen LogP contribution < -0.4 is 5.49 Å². The molecule has 0 aliphatic carbocycles. The fourth-order valence-corrected chi connectivity index (χ4v) is 2.26. The molecule has 1 aliphatic rings. The van der Waals surface area contributed by atoms with Gasteiger partial charge in [0.15, 0.2) is 0 Å². The van der Waals surface area contributed by atoms with E-state index in [-0.39, 0.29) is 6.61 Å². The van der Waals surface area contributed by atoms with Gasteiger partial charge in [-0.25, -0.2) is 0 Å². The molecule has 3 N–H and O–H groups in total. The van der Waals surface area contributed by atoms with Gasteiger partial charge in [0.2, 0.25) is 5.96 Å². The SMILES string of the molecule is Cc1ccc(=N)n(C(=N)N2CCC(CO)CC2)c1. The lowest BCUT2D eigenvalue weighted by Crippen LogP contribution is -2.44. The zero-order valence-corrected chi connectivity index (χ0v) is 10.7. The first-order valence-electron chi connectivity index (χ1n) is 6.30. The van der Waals surface area contributed by atoms with E-state index < -0.39 is 0 Å². The van der Waals surface area contributed by atoms with Crippen LogP contribution in [-0.4, -0.2) is 40.2 Å². The number of hydrogen-bond donors (Lipinski definition) is 3. The van der Waals surface area contributed by atoms with Crippen LogP contribution in [0.25, 0.3) is 0 Å². The summed E-state index contributed by atoms with van der Waals surface area (Å²) in [6.07, 6.45) is 3.65. The number of nitrogens with one attached hydrogen (secondary N) is 2. The third kappa shape index (κ3) is 2.61. The summed E-state index contributed by atoms with van der Waals surface area (Å²) in [5.74, 6) is 0.729. The van der Waals surface area contributed by atoms with Crippen molar-refractivity contribution in [1.82, 2.24) is 9.47 Å². The first-order chi connectivity index (χ1) is 8.61. The summed E-state index contributed by atoms with van der Waals surface area (Å²) in [6.45, 7) is 3.76. The van der Waals surface area contributed by atoms with Crippen LogP contribution in [0.2, 0.25) is 0 Å². The van der Waals surface area contributed by atoms with Crippen LogP contribution in [-0.2, 0) is 0 Å². The third-order valence-corrected chi connectivity index (χ3v) is 3.50. The van der Waals surface area contributed by atoms with Gasteiger partial charge in [0.05, 0.1) is 0 Å². The van der Waals surface area contributed by atoms with Gasteiger partial charge in [-0.15, -0.1) is 0 Å². The Kier molecular flexibility index (Phi) is 3.81. The number of hydrogen-bond acceptors (Lipinski definition) is 3. The number of nitrogens with zero attached hydrogens (tertiary/aromatic N) is 2. The van der Waals surface area contributed by atoms with Gasteiger partial charge in [0.25, 0.3) is 0 Å². The minimum atomic E-state index is 0.239. The van der Waals surface area contributed by atoms with Gasteiger partial charge < -0.3 is 10.0 Å². The van der Waals surface area contributed by atoms with Crippen LogP contribution >= 0.6 is 0 Å². The standard InChI is InChI=1S/C13H20N4O/c1-10-2-3-12(14)17(8-10)13(15)16-6-4-11(9-18)5-7-16/h2-3,8,11,14-15,18H,4-7,9H2,1H3. The van der Waals surface area contributed by atoms with Crippen molar-refractivity contribution in [3.8, 4) is 0 Å². The Morgan fingerprint density at radius 3 is 2.67 bits per heavy atom. The Balaban J connectivity index is 2.12. The van der Waals surface area contributed by atoms with Crippen LogP contribution in [0.1, 0.15) is 18.4 Å². The zero-order chi connectivity index (χ0) is 13.1. The first kappa shape index (κ1) is 12.8. The van der Waals surface area contributed by atoms with Gasteiger partial charge in [0, 0.05) is 25.9 Å². The predicted octanol–water partition coefficient (Wildman–Crippen LogP) is 0.763. The average molecular weight is 248 g/mol. The summed E-state index contributed by atoms with van der Waals surface area (Å²) in [5, 5.41) is 25.1. The van der Waals surface area contributed by atoms with Crippen LogP contribution in [0.15, 0.2) is 18.3 Å². The smallest absolute Gasteiger partial charge is 0.203 e. The fourth-order valence-electron chi connectivity index (χ4n) is 2.26. The van der Waals surface area contributed by atoms with Crippen molar-refractivity contribution in [2.45, 2.75) is 19.8 Å². The minimum Gasteiger partial charge on any atom is -0.396 e. The predicted molar refractivity (Wildman–Crippen MR) is 69.5 cm³/mol. The van der Waals surface area contributed by atoms with Crippen LogP contribution in [0.4, 0.5) is 0 Å². The Morgan fingerprint density at radius 2 is 2.06 bits per heavy atom.